The summed E-state index contributed by atoms with van der Waals surface area (Å²) in [5, 5.41) is 13.8. The summed E-state index contributed by atoms with van der Waals surface area (Å²) in [5.74, 6) is 1.40. The summed E-state index contributed by atoms with van der Waals surface area (Å²) in [6, 6.07) is 7.04. The van der Waals surface area contributed by atoms with Gasteiger partial charge in [0, 0.05) is 5.69 Å². The third kappa shape index (κ3) is 2.51. The highest BCUT2D eigenvalue weighted by molar-refractivity contribution is 5.44. The molecule has 0 fully saturated rings. The average molecular weight is 258 g/mol. The van der Waals surface area contributed by atoms with Crippen LogP contribution in [0.4, 0.5) is 5.69 Å². The topological polar surface area (TPSA) is 116 Å². The van der Waals surface area contributed by atoms with E-state index in [9.17, 15) is 0 Å². The van der Waals surface area contributed by atoms with Crippen LogP contribution >= 0.6 is 0 Å². The first-order chi connectivity index (χ1) is 9.31. The average Bonchev–Trinajstić information content (AvgIpc) is 3.09. The number of hydrogen-bond acceptors (Lipinski definition) is 7. The Kier molecular flexibility index (Phi) is 2.81. The zero-order valence-corrected chi connectivity index (χ0v) is 9.78. The van der Waals surface area contributed by atoms with E-state index in [-0.39, 0.29) is 6.61 Å². The first-order valence-electron chi connectivity index (χ1n) is 5.48. The van der Waals surface area contributed by atoms with Gasteiger partial charge in [0.25, 0.3) is 5.89 Å². The highest BCUT2D eigenvalue weighted by Crippen LogP contribution is 2.16. The van der Waals surface area contributed by atoms with Crippen LogP contribution in [0.2, 0.25) is 0 Å². The molecule has 0 aliphatic rings. The molecule has 2 heterocycles. The van der Waals surface area contributed by atoms with Gasteiger partial charge < -0.3 is 15.0 Å². The van der Waals surface area contributed by atoms with Crippen LogP contribution < -0.4 is 10.5 Å². The van der Waals surface area contributed by atoms with Crippen molar-refractivity contribution in [3.8, 4) is 17.3 Å². The summed E-state index contributed by atoms with van der Waals surface area (Å²) >= 11 is 0. The predicted octanol–water partition coefficient (Wildman–Crippen LogP) is 1.02. The summed E-state index contributed by atoms with van der Waals surface area (Å²) in [4.78, 5) is 4.14. The Morgan fingerprint density at radius 2 is 2.11 bits per heavy atom. The van der Waals surface area contributed by atoms with E-state index < -0.39 is 0 Å². The van der Waals surface area contributed by atoms with Gasteiger partial charge in [-0.1, -0.05) is 5.16 Å². The molecule has 0 saturated carbocycles. The second kappa shape index (κ2) is 4.77. The van der Waals surface area contributed by atoms with Gasteiger partial charge in [-0.3, -0.25) is 0 Å². The minimum Gasteiger partial charge on any atom is -0.484 e. The molecule has 3 aromatic rings. The van der Waals surface area contributed by atoms with Crippen LogP contribution in [0.1, 0.15) is 5.89 Å². The highest BCUT2D eigenvalue weighted by Gasteiger charge is 2.11. The van der Waals surface area contributed by atoms with Gasteiger partial charge in [0.15, 0.2) is 12.3 Å². The lowest BCUT2D eigenvalue weighted by Gasteiger charge is -2.02. The second-order valence-corrected chi connectivity index (χ2v) is 3.72. The number of nitrogens with zero attached hydrogens (tertiary/aromatic N) is 4. The Labute approximate surface area is 107 Å². The molecule has 8 heteroatoms. The number of rotatable bonds is 4. The smallest absolute Gasteiger partial charge is 0.264 e. The fourth-order valence-electron chi connectivity index (χ4n) is 1.44. The zero-order chi connectivity index (χ0) is 13.1. The molecule has 3 N–H and O–H groups in total. The van der Waals surface area contributed by atoms with Gasteiger partial charge in [0.1, 0.15) is 5.75 Å². The highest BCUT2D eigenvalue weighted by atomic mass is 16.5. The van der Waals surface area contributed by atoms with E-state index in [1.54, 1.807) is 24.3 Å². The Hall–Kier alpha value is -2.90. The Morgan fingerprint density at radius 3 is 2.84 bits per heavy atom. The largest absolute Gasteiger partial charge is 0.484 e. The number of nitrogens with one attached hydrogen (secondary N) is 1. The molecular weight excluding hydrogens is 248 g/mol. The summed E-state index contributed by atoms with van der Waals surface area (Å²) in [7, 11) is 0. The second-order valence-electron chi connectivity index (χ2n) is 3.72. The van der Waals surface area contributed by atoms with Crippen molar-refractivity contribution in [2.75, 3.05) is 5.73 Å². The molecule has 2 aromatic heterocycles. The van der Waals surface area contributed by atoms with Gasteiger partial charge in [0.05, 0.1) is 6.20 Å². The molecule has 0 unspecified atom stereocenters. The normalized spacial score (nSPS) is 10.5. The molecule has 0 aliphatic carbocycles. The minimum absolute atomic E-state index is 0.175. The Bertz CT molecular complexity index is 646. The van der Waals surface area contributed by atoms with Gasteiger partial charge in [-0.15, -0.1) is 0 Å². The van der Waals surface area contributed by atoms with E-state index in [4.69, 9.17) is 15.0 Å². The predicted molar refractivity (Wildman–Crippen MR) is 64.9 cm³/mol. The number of benzene rings is 1. The minimum atomic E-state index is 0.175. The van der Waals surface area contributed by atoms with Gasteiger partial charge in [0.2, 0.25) is 5.82 Å². The summed E-state index contributed by atoms with van der Waals surface area (Å²) in [5.41, 5.74) is 6.77. The van der Waals surface area contributed by atoms with Crippen molar-refractivity contribution in [2.45, 2.75) is 6.61 Å². The number of ether oxygens (including phenoxy) is 1. The fourth-order valence-corrected chi connectivity index (χ4v) is 1.44. The molecule has 1 aromatic carbocycles. The van der Waals surface area contributed by atoms with Crippen molar-refractivity contribution in [2.24, 2.45) is 0 Å². The van der Waals surface area contributed by atoms with E-state index in [0.29, 0.717) is 28.8 Å². The maximum atomic E-state index is 5.58. The van der Waals surface area contributed by atoms with E-state index in [2.05, 4.69) is 25.6 Å². The number of H-pyrrole nitrogens is 1. The van der Waals surface area contributed by atoms with Crippen LogP contribution in [0.3, 0.4) is 0 Å². The zero-order valence-electron chi connectivity index (χ0n) is 9.78. The molecule has 0 amide bonds. The lowest BCUT2D eigenvalue weighted by molar-refractivity contribution is 0.243. The molecule has 19 heavy (non-hydrogen) atoms. The Balaban J connectivity index is 1.66. The number of anilines is 1. The first kappa shape index (κ1) is 11.2. The molecule has 8 nitrogen and oxygen atoms in total. The molecule has 0 aliphatic heterocycles. The lowest BCUT2D eigenvalue weighted by atomic mass is 10.3. The molecular formula is C11H10N6O2. The number of aromatic amines is 1. The van der Waals surface area contributed by atoms with E-state index in [1.165, 1.54) is 6.20 Å². The van der Waals surface area contributed by atoms with Crippen LogP contribution in [0, 0.1) is 0 Å². The van der Waals surface area contributed by atoms with Crippen LogP contribution in [0.25, 0.3) is 11.5 Å². The van der Waals surface area contributed by atoms with Crippen molar-refractivity contribution in [1.29, 1.82) is 0 Å². The summed E-state index contributed by atoms with van der Waals surface area (Å²) in [6.45, 7) is 0.175. The van der Waals surface area contributed by atoms with E-state index in [0.717, 1.165) is 0 Å². The van der Waals surface area contributed by atoms with Crippen molar-refractivity contribution in [1.82, 2.24) is 25.6 Å². The summed E-state index contributed by atoms with van der Waals surface area (Å²) < 4.78 is 10.5. The molecule has 0 bridgehead atoms. The maximum Gasteiger partial charge on any atom is 0.264 e. The van der Waals surface area contributed by atoms with Crippen LogP contribution in [-0.2, 0) is 6.61 Å². The van der Waals surface area contributed by atoms with Gasteiger partial charge >= 0.3 is 0 Å². The van der Waals surface area contributed by atoms with Crippen LogP contribution in [0.5, 0.6) is 5.75 Å². The molecule has 0 saturated heterocycles. The van der Waals surface area contributed by atoms with Crippen molar-refractivity contribution in [3.05, 3.63) is 36.4 Å². The van der Waals surface area contributed by atoms with Gasteiger partial charge in [-0.2, -0.15) is 20.4 Å². The number of hydrogen-bond donors (Lipinski definition) is 2. The first-order valence-corrected chi connectivity index (χ1v) is 5.48. The monoisotopic (exact) mass is 258 g/mol. The number of aromatic nitrogens is 5. The molecule has 0 spiro atoms. The van der Waals surface area contributed by atoms with Gasteiger partial charge in [-0.25, -0.2) is 0 Å². The van der Waals surface area contributed by atoms with E-state index in [1.807, 2.05) is 0 Å². The van der Waals surface area contributed by atoms with Crippen molar-refractivity contribution < 1.29 is 9.26 Å². The molecule has 96 valence electrons. The number of nitrogen functional groups attached to an aromatic ring is 1. The standard InChI is InChI=1S/C11H10N6O2/c12-7-1-3-8(4-2-7)18-6-10-14-11(16-19-10)9-5-13-17-15-9/h1-5H,6,12H2,(H,13,15,17). The third-order valence-electron chi connectivity index (χ3n) is 2.35. The van der Waals surface area contributed by atoms with Gasteiger partial charge in [-0.05, 0) is 24.3 Å². The SMILES string of the molecule is Nc1ccc(OCc2nc(-c3cn[nH]n3)no2)cc1. The number of nitrogens with two attached hydrogens (primary N) is 1. The maximum absolute atomic E-state index is 5.58. The quantitative estimate of drug-likeness (QED) is 0.671. The summed E-state index contributed by atoms with van der Waals surface area (Å²) in [6.07, 6.45) is 1.51. The van der Waals surface area contributed by atoms with Crippen molar-refractivity contribution >= 4 is 5.69 Å². The van der Waals surface area contributed by atoms with Crippen LogP contribution in [0.15, 0.2) is 35.0 Å². The molecule has 0 atom stereocenters. The van der Waals surface area contributed by atoms with Crippen molar-refractivity contribution in [3.63, 3.8) is 0 Å². The van der Waals surface area contributed by atoms with E-state index >= 15 is 0 Å². The molecule has 0 radical (unpaired) electrons. The third-order valence-corrected chi connectivity index (χ3v) is 2.35. The lowest BCUT2D eigenvalue weighted by Crippen LogP contribution is -1.96. The molecule has 3 rings (SSSR count). The van der Waals surface area contributed by atoms with Crippen LogP contribution in [-0.4, -0.2) is 25.6 Å². The Morgan fingerprint density at radius 1 is 1.26 bits per heavy atom. The fraction of sp³-hybridized carbons (Fsp3) is 0.0909.